The third kappa shape index (κ3) is 4.83. The molecule has 31 heavy (non-hydrogen) atoms. The highest BCUT2D eigenvalue weighted by Crippen LogP contribution is 2.25. The monoisotopic (exact) mass is 432 g/mol. The molecule has 0 aliphatic heterocycles. The van der Waals surface area contributed by atoms with E-state index in [0.717, 1.165) is 28.5 Å². The van der Waals surface area contributed by atoms with Crippen molar-refractivity contribution >= 4 is 29.3 Å². The molecule has 0 aliphatic rings. The zero-order valence-corrected chi connectivity index (χ0v) is 18.5. The topological polar surface area (TPSA) is 107 Å². The standard InChI is InChI=1S/C22H24N8S/c1-4-16-7-5-6-8-17(16)25-21-27-19(26-20(23)28-21)12-31-22-29-24-13-30(22)18-10-9-14(2)11-15(18)3/h5-11,13H,4,12H2,1-3H3,(H3,23,25,26,27,28). The molecular weight excluding hydrogens is 408 g/mol. The molecule has 0 atom stereocenters. The fourth-order valence-electron chi connectivity index (χ4n) is 3.32. The van der Waals surface area contributed by atoms with Crippen LogP contribution in [0.5, 0.6) is 0 Å². The van der Waals surface area contributed by atoms with Gasteiger partial charge in [-0.3, -0.25) is 4.57 Å². The van der Waals surface area contributed by atoms with E-state index in [1.54, 1.807) is 6.33 Å². The summed E-state index contributed by atoms with van der Waals surface area (Å²) in [7, 11) is 0. The van der Waals surface area contributed by atoms with E-state index in [1.165, 1.54) is 22.9 Å². The molecule has 4 rings (SSSR count). The molecule has 9 heteroatoms. The predicted molar refractivity (Wildman–Crippen MR) is 124 cm³/mol. The van der Waals surface area contributed by atoms with Crippen LogP contribution < -0.4 is 11.1 Å². The third-order valence-electron chi connectivity index (χ3n) is 4.80. The normalized spacial score (nSPS) is 10.9. The Morgan fingerprint density at radius 2 is 1.90 bits per heavy atom. The highest BCUT2D eigenvalue weighted by molar-refractivity contribution is 7.98. The van der Waals surface area contributed by atoms with Crippen molar-refractivity contribution in [3.8, 4) is 5.69 Å². The third-order valence-corrected chi connectivity index (χ3v) is 5.74. The van der Waals surface area contributed by atoms with Gasteiger partial charge >= 0.3 is 0 Å². The van der Waals surface area contributed by atoms with Crippen LogP contribution in [0.2, 0.25) is 0 Å². The minimum atomic E-state index is 0.179. The summed E-state index contributed by atoms with van der Waals surface area (Å²) in [5.74, 6) is 1.67. The van der Waals surface area contributed by atoms with Crippen LogP contribution in [0.15, 0.2) is 53.9 Å². The largest absolute Gasteiger partial charge is 0.368 e. The molecule has 2 aromatic carbocycles. The number of hydrogen-bond donors (Lipinski definition) is 2. The number of rotatable bonds is 7. The van der Waals surface area contributed by atoms with Crippen LogP contribution in [0.1, 0.15) is 29.4 Å². The number of nitrogens with two attached hydrogens (primary N) is 1. The molecule has 0 bridgehead atoms. The van der Waals surface area contributed by atoms with Gasteiger partial charge in [-0.25, -0.2) is 0 Å². The number of anilines is 3. The number of aromatic nitrogens is 6. The molecule has 2 heterocycles. The molecular formula is C22H24N8S. The van der Waals surface area contributed by atoms with E-state index >= 15 is 0 Å². The molecule has 3 N–H and O–H groups in total. The first-order valence-electron chi connectivity index (χ1n) is 9.99. The lowest BCUT2D eigenvalue weighted by Crippen LogP contribution is -2.07. The summed E-state index contributed by atoms with van der Waals surface area (Å²) in [6.07, 6.45) is 2.62. The number of nitrogens with one attached hydrogen (secondary N) is 1. The fourth-order valence-corrected chi connectivity index (χ4v) is 4.10. The quantitative estimate of drug-likeness (QED) is 0.417. The van der Waals surface area contributed by atoms with Crippen molar-refractivity contribution in [1.29, 1.82) is 0 Å². The maximum atomic E-state index is 5.94. The molecule has 2 aromatic heterocycles. The Balaban J connectivity index is 1.53. The first-order chi connectivity index (χ1) is 15.0. The minimum Gasteiger partial charge on any atom is -0.368 e. The van der Waals surface area contributed by atoms with Gasteiger partial charge in [0.2, 0.25) is 11.9 Å². The fraction of sp³-hybridized carbons (Fsp3) is 0.227. The lowest BCUT2D eigenvalue weighted by atomic mass is 10.1. The van der Waals surface area contributed by atoms with Crippen LogP contribution in [-0.4, -0.2) is 29.7 Å². The van der Waals surface area contributed by atoms with Crippen molar-refractivity contribution < 1.29 is 0 Å². The second-order valence-corrected chi connectivity index (χ2v) is 8.07. The summed E-state index contributed by atoms with van der Waals surface area (Å²) in [6, 6.07) is 14.4. The number of hydrogen-bond acceptors (Lipinski definition) is 8. The Morgan fingerprint density at radius 1 is 1.06 bits per heavy atom. The summed E-state index contributed by atoms with van der Waals surface area (Å²) in [4.78, 5) is 13.1. The molecule has 0 aliphatic carbocycles. The Kier molecular flexibility index (Phi) is 6.13. The SMILES string of the molecule is CCc1ccccc1Nc1nc(N)nc(CSc2nncn2-c2ccc(C)cc2C)n1. The lowest BCUT2D eigenvalue weighted by molar-refractivity contribution is 0.874. The number of benzene rings is 2. The van der Waals surface area contributed by atoms with E-state index in [4.69, 9.17) is 5.73 Å². The van der Waals surface area contributed by atoms with Gasteiger partial charge in [0.25, 0.3) is 0 Å². The lowest BCUT2D eigenvalue weighted by Gasteiger charge is -2.11. The van der Waals surface area contributed by atoms with Crippen molar-refractivity contribution in [3.63, 3.8) is 0 Å². The maximum Gasteiger partial charge on any atom is 0.232 e. The highest BCUT2D eigenvalue weighted by atomic mass is 32.2. The molecule has 4 aromatic rings. The van der Waals surface area contributed by atoms with Gasteiger partial charge in [0.1, 0.15) is 12.2 Å². The van der Waals surface area contributed by atoms with E-state index in [-0.39, 0.29) is 5.95 Å². The summed E-state index contributed by atoms with van der Waals surface area (Å²) in [5, 5.41) is 12.4. The van der Waals surface area contributed by atoms with E-state index < -0.39 is 0 Å². The first kappa shape index (κ1) is 20.8. The average molecular weight is 433 g/mol. The molecule has 8 nitrogen and oxygen atoms in total. The van der Waals surface area contributed by atoms with Crippen LogP contribution in [0.3, 0.4) is 0 Å². The molecule has 0 unspecified atom stereocenters. The van der Waals surface area contributed by atoms with Crippen LogP contribution in [0.25, 0.3) is 5.69 Å². The Hall–Kier alpha value is -3.46. The Labute approximate surface area is 185 Å². The highest BCUT2D eigenvalue weighted by Gasteiger charge is 2.12. The van der Waals surface area contributed by atoms with Crippen molar-refractivity contribution in [2.45, 2.75) is 38.1 Å². The zero-order valence-electron chi connectivity index (χ0n) is 17.7. The van der Waals surface area contributed by atoms with Crippen molar-refractivity contribution in [2.75, 3.05) is 11.1 Å². The summed E-state index contributed by atoms with van der Waals surface area (Å²) >= 11 is 1.50. The van der Waals surface area contributed by atoms with Crippen LogP contribution in [0.4, 0.5) is 17.6 Å². The van der Waals surface area contributed by atoms with Gasteiger partial charge in [-0.15, -0.1) is 10.2 Å². The summed E-state index contributed by atoms with van der Waals surface area (Å²) in [6.45, 7) is 6.26. The molecule has 158 valence electrons. The zero-order chi connectivity index (χ0) is 21.8. The summed E-state index contributed by atoms with van der Waals surface area (Å²) < 4.78 is 1.97. The Bertz CT molecular complexity index is 1200. The van der Waals surface area contributed by atoms with Crippen molar-refractivity contribution in [1.82, 2.24) is 29.7 Å². The second-order valence-electron chi connectivity index (χ2n) is 7.13. The second kappa shape index (κ2) is 9.13. The smallest absolute Gasteiger partial charge is 0.232 e. The first-order valence-corrected chi connectivity index (χ1v) is 11.0. The van der Waals surface area contributed by atoms with Crippen LogP contribution in [-0.2, 0) is 12.2 Å². The van der Waals surface area contributed by atoms with E-state index in [0.29, 0.717) is 17.5 Å². The number of thioether (sulfide) groups is 1. The molecule has 0 saturated carbocycles. The molecule has 0 fully saturated rings. The van der Waals surface area contributed by atoms with Gasteiger partial charge in [-0.05, 0) is 43.5 Å². The predicted octanol–water partition coefficient (Wildman–Crippen LogP) is 4.25. The summed E-state index contributed by atoms with van der Waals surface area (Å²) in [5.41, 5.74) is 11.5. The number of aryl methyl sites for hydroxylation is 3. The Morgan fingerprint density at radius 3 is 2.71 bits per heavy atom. The molecule has 0 saturated heterocycles. The van der Waals surface area contributed by atoms with Gasteiger partial charge in [-0.1, -0.05) is 54.6 Å². The van der Waals surface area contributed by atoms with Gasteiger partial charge in [0, 0.05) is 5.69 Å². The number of nitrogen functional groups attached to an aromatic ring is 1. The van der Waals surface area contributed by atoms with Gasteiger partial charge in [-0.2, -0.15) is 15.0 Å². The van der Waals surface area contributed by atoms with Crippen LogP contribution >= 0.6 is 11.8 Å². The van der Waals surface area contributed by atoms with E-state index in [9.17, 15) is 0 Å². The van der Waals surface area contributed by atoms with Crippen molar-refractivity contribution in [2.24, 2.45) is 0 Å². The van der Waals surface area contributed by atoms with Crippen molar-refractivity contribution in [3.05, 3.63) is 71.3 Å². The molecule has 0 amide bonds. The number of para-hydroxylation sites is 1. The van der Waals surface area contributed by atoms with E-state index in [2.05, 4.69) is 75.5 Å². The van der Waals surface area contributed by atoms with Gasteiger partial charge in [0.15, 0.2) is 5.16 Å². The molecule has 0 radical (unpaired) electrons. The number of nitrogens with zero attached hydrogens (tertiary/aromatic N) is 6. The van der Waals surface area contributed by atoms with Crippen LogP contribution in [0, 0.1) is 13.8 Å². The van der Waals surface area contributed by atoms with E-state index in [1.807, 2.05) is 22.8 Å². The minimum absolute atomic E-state index is 0.179. The van der Waals surface area contributed by atoms with Gasteiger partial charge < -0.3 is 11.1 Å². The maximum absolute atomic E-state index is 5.94. The molecule has 0 spiro atoms. The van der Waals surface area contributed by atoms with Gasteiger partial charge in [0.05, 0.1) is 11.4 Å². The average Bonchev–Trinajstić information content (AvgIpc) is 3.20.